The maximum absolute atomic E-state index is 13.6. The number of fused-ring (bicyclic) bond motifs is 1. The third-order valence-electron chi connectivity index (χ3n) is 6.45. The standard InChI is InChI=1S/C27H29F3N4O2S/c1-4-33(5-2)25(36)22-17(3)31-26-34(13-8-14-37-26)23(22)18-9-7-12-21(16-18)32-24(35)19-10-6-11-20(15-19)27(28,29)30/h6-7,9-12,15-16,23H,4-5,8,13-14H2,1-3H3,(H,32,35). The van der Waals surface area contributed by atoms with Crippen molar-refractivity contribution < 1.29 is 22.8 Å². The number of nitrogens with zero attached hydrogens (tertiary/aromatic N) is 3. The molecule has 1 saturated heterocycles. The number of carbonyl (C=O) groups is 2. The van der Waals surface area contributed by atoms with Gasteiger partial charge in [0.15, 0.2) is 5.17 Å². The highest BCUT2D eigenvalue weighted by Gasteiger charge is 2.38. The lowest BCUT2D eigenvalue weighted by molar-refractivity contribution is -0.137. The van der Waals surface area contributed by atoms with Gasteiger partial charge >= 0.3 is 6.18 Å². The van der Waals surface area contributed by atoms with E-state index >= 15 is 0 Å². The van der Waals surface area contributed by atoms with E-state index in [1.807, 2.05) is 26.8 Å². The fourth-order valence-electron chi connectivity index (χ4n) is 4.60. The zero-order valence-electron chi connectivity index (χ0n) is 20.9. The fourth-order valence-corrected chi connectivity index (χ4v) is 5.62. The molecule has 0 aliphatic carbocycles. The van der Waals surface area contributed by atoms with E-state index in [0.717, 1.165) is 41.6 Å². The number of rotatable bonds is 6. The van der Waals surface area contributed by atoms with Crippen molar-refractivity contribution in [1.29, 1.82) is 0 Å². The summed E-state index contributed by atoms with van der Waals surface area (Å²) in [5.74, 6) is 0.222. The smallest absolute Gasteiger partial charge is 0.340 e. The molecule has 37 heavy (non-hydrogen) atoms. The van der Waals surface area contributed by atoms with Gasteiger partial charge in [0.25, 0.3) is 11.8 Å². The van der Waals surface area contributed by atoms with Crippen molar-refractivity contribution in [2.45, 2.75) is 39.4 Å². The lowest BCUT2D eigenvalue weighted by atomic mass is 9.92. The number of thioether (sulfide) groups is 1. The molecule has 2 aromatic rings. The van der Waals surface area contributed by atoms with Crippen LogP contribution in [0.15, 0.2) is 64.8 Å². The summed E-state index contributed by atoms with van der Waals surface area (Å²) in [4.78, 5) is 35.1. The van der Waals surface area contributed by atoms with Crippen LogP contribution in [-0.4, -0.2) is 52.2 Å². The summed E-state index contributed by atoms with van der Waals surface area (Å²) in [6, 6.07) is 11.1. The Morgan fingerprint density at radius 1 is 1.14 bits per heavy atom. The third-order valence-corrected chi connectivity index (χ3v) is 7.53. The van der Waals surface area contributed by atoms with Crippen LogP contribution in [0.3, 0.4) is 0 Å². The first-order valence-corrected chi connectivity index (χ1v) is 13.2. The van der Waals surface area contributed by atoms with Gasteiger partial charge in [-0.15, -0.1) is 0 Å². The highest BCUT2D eigenvalue weighted by atomic mass is 32.2. The SMILES string of the molecule is CCN(CC)C(=O)C1=C(C)N=C2SCCCN2C1c1cccc(NC(=O)c2cccc(C(F)(F)F)c2)c1. The molecule has 4 rings (SSSR count). The van der Waals surface area contributed by atoms with E-state index in [1.54, 1.807) is 34.9 Å². The van der Waals surface area contributed by atoms with Crippen LogP contribution in [0.1, 0.15) is 54.7 Å². The molecule has 1 N–H and O–H groups in total. The Kier molecular flexibility index (Phi) is 7.96. The molecule has 2 aliphatic rings. The van der Waals surface area contributed by atoms with E-state index in [9.17, 15) is 22.8 Å². The number of hydrogen-bond donors (Lipinski definition) is 1. The first kappa shape index (κ1) is 26.8. The lowest BCUT2D eigenvalue weighted by Crippen LogP contribution is -2.45. The van der Waals surface area contributed by atoms with Gasteiger partial charge in [-0.1, -0.05) is 30.0 Å². The minimum atomic E-state index is -4.54. The second-order valence-electron chi connectivity index (χ2n) is 8.83. The molecular formula is C27H29F3N4O2S. The number of allylic oxidation sites excluding steroid dienone is 1. The predicted octanol–water partition coefficient (Wildman–Crippen LogP) is 5.95. The molecule has 0 spiro atoms. The predicted molar refractivity (Wildman–Crippen MR) is 140 cm³/mol. The number of amides is 2. The molecule has 196 valence electrons. The van der Waals surface area contributed by atoms with E-state index in [2.05, 4.69) is 10.2 Å². The first-order valence-electron chi connectivity index (χ1n) is 12.2. The molecule has 1 unspecified atom stereocenters. The summed E-state index contributed by atoms with van der Waals surface area (Å²) in [5, 5.41) is 3.58. The summed E-state index contributed by atoms with van der Waals surface area (Å²) in [7, 11) is 0. The first-order chi connectivity index (χ1) is 17.6. The number of halogens is 3. The van der Waals surface area contributed by atoms with Crippen molar-refractivity contribution >= 4 is 34.4 Å². The van der Waals surface area contributed by atoms with Crippen molar-refractivity contribution in [3.8, 4) is 0 Å². The Morgan fingerprint density at radius 2 is 1.86 bits per heavy atom. The van der Waals surface area contributed by atoms with Crippen molar-refractivity contribution in [3.63, 3.8) is 0 Å². The molecule has 1 fully saturated rings. The quantitative estimate of drug-likeness (QED) is 0.501. The number of benzene rings is 2. The monoisotopic (exact) mass is 530 g/mol. The topological polar surface area (TPSA) is 65.0 Å². The van der Waals surface area contributed by atoms with Gasteiger partial charge in [-0.05, 0) is 63.1 Å². The summed E-state index contributed by atoms with van der Waals surface area (Å²) >= 11 is 1.65. The zero-order chi connectivity index (χ0) is 26.7. The average molecular weight is 531 g/mol. The molecule has 0 bridgehead atoms. The van der Waals surface area contributed by atoms with Crippen LogP contribution in [0.2, 0.25) is 0 Å². The number of carbonyl (C=O) groups excluding carboxylic acids is 2. The van der Waals surface area contributed by atoms with Gasteiger partial charge in [-0.2, -0.15) is 13.2 Å². The summed E-state index contributed by atoms with van der Waals surface area (Å²) in [6.07, 6.45) is -3.60. The van der Waals surface area contributed by atoms with Crippen molar-refractivity contribution in [1.82, 2.24) is 9.80 Å². The second kappa shape index (κ2) is 11.0. The average Bonchev–Trinajstić information content (AvgIpc) is 2.88. The lowest BCUT2D eigenvalue weighted by Gasteiger charge is -2.41. The normalized spacial score (nSPS) is 17.7. The minimum absolute atomic E-state index is 0.0794. The molecule has 10 heteroatoms. The molecule has 0 saturated carbocycles. The molecule has 2 aliphatic heterocycles. The van der Waals surface area contributed by atoms with E-state index < -0.39 is 17.6 Å². The Bertz CT molecular complexity index is 1250. The highest BCUT2D eigenvalue weighted by molar-refractivity contribution is 8.13. The summed E-state index contributed by atoms with van der Waals surface area (Å²) in [5.41, 5.74) is 1.52. The highest BCUT2D eigenvalue weighted by Crippen LogP contribution is 2.40. The maximum Gasteiger partial charge on any atom is 0.416 e. The van der Waals surface area contributed by atoms with Crippen LogP contribution in [-0.2, 0) is 11.0 Å². The van der Waals surface area contributed by atoms with E-state index in [0.29, 0.717) is 30.0 Å². The fraction of sp³-hybridized carbons (Fsp3) is 0.370. The Labute approximate surface area is 218 Å². The van der Waals surface area contributed by atoms with E-state index in [4.69, 9.17) is 4.99 Å². The van der Waals surface area contributed by atoms with Crippen LogP contribution in [0.5, 0.6) is 0 Å². The van der Waals surface area contributed by atoms with Crippen LogP contribution >= 0.6 is 11.8 Å². The molecule has 2 heterocycles. The van der Waals surface area contributed by atoms with Crippen molar-refractivity contribution in [2.24, 2.45) is 4.99 Å². The second-order valence-corrected chi connectivity index (χ2v) is 9.89. The van der Waals surface area contributed by atoms with Gasteiger partial charge in [0.1, 0.15) is 0 Å². The number of aliphatic imine (C=N–C) groups is 1. The summed E-state index contributed by atoms with van der Waals surface area (Å²) in [6.45, 7) is 7.59. The number of amidine groups is 1. The molecule has 6 nitrogen and oxygen atoms in total. The minimum Gasteiger partial charge on any atom is -0.340 e. The molecule has 2 amide bonds. The van der Waals surface area contributed by atoms with Crippen LogP contribution in [0.4, 0.5) is 18.9 Å². The van der Waals surface area contributed by atoms with E-state index in [-0.39, 0.29) is 17.5 Å². The van der Waals surface area contributed by atoms with Gasteiger partial charge in [0.2, 0.25) is 0 Å². The van der Waals surface area contributed by atoms with Crippen LogP contribution < -0.4 is 5.32 Å². The number of alkyl halides is 3. The van der Waals surface area contributed by atoms with Gasteiger partial charge in [0, 0.05) is 36.6 Å². The molecule has 0 radical (unpaired) electrons. The number of anilines is 1. The number of likely N-dealkylation sites (N-methyl/N-ethyl adjacent to an activating group) is 1. The third kappa shape index (κ3) is 5.69. The van der Waals surface area contributed by atoms with Gasteiger partial charge in [-0.3, -0.25) is 9.59 Å². The largest absolute Gasteiger partial charge is 0.416 e. The number of nitrogens with one attached hydrogen (secondary N) is 1. The summed E-state index contributed by atoms with van der Waals surface area (Å²) < 4.78 is 39.3. The van der Waals surface area contributed by atoms with Crippen molar-refractivity contribution in [3.05, 3.63) is 76.5 Å². The number of hydrogen-bond acceptors (Lipinski definition) is 5. The van der Waals surface area contributed by atoms with Gasteiger partial charge < -0.3 is 15.1 Å². The van der Waals surface area contributed by atoms with Crippen molar-refractivity contribution in [2.75, 3.05) is 30.7 Å². The van der Waals surface area contributed by atoms with Gasteiger partial charge in [0.05, 0.1) is 22.9 Å². The molecular weight excluding hydrogens is 501 g/mol. The molecule has 1 atom stereocenters. The molecule has 2 aromatic carbocycles. The van der Waals surface area contributed by atoms with Gasteiger partial charge in [-0.25, -0.2) is 4.99 Å². The zero-order valence-corrected chi connectivity index (χ0v) is 21.7. The maximum atomic E-state index is 13.6. The Hall–Kier alpha value is -3.27. The molecule has 0 aromatic heterocycles. The van der Waals surface area contributed by atoms with Crippen LogP contribution in [0, 0.1) is 0 Å². The Morgan fingerprint density at radius 3 is 2.57 bits per heavy atom. The van der Waals surface area contributed by atoms with Crippen LogP contribution in [0.25, 0.3) is 0 Å². The Balaban J connectivity index is 1.68. The van der Waals surface area contributed by atoms with E-state index in [1.165, 1.54) is 12.1 Å².